The molecule has 0 heterocycles. The third-order valence-electron chi connectivity index (χ3n) is 8.92. The van der Waals surface area contributed by atoms with Crippen molar-refractivity contribution in [2.75, 3.05) is 0 Å². The van der Waals surface area contributed by atoms with Gasteiger partial charge < -0.3 is 20.4 Å². The minimum atomic E-state index is -1.35. The van der Waals surface area contributed by atoms with Crippen molar-refractivity contribution < 1.29 is 30.0 Å². The lowest BCUT2D eigenvalue weighted by atomic mass is 9.42. The number of aliphatic hydroxyl groups is 2. The summed E-state index contributed by atoms with van der Waals surface area (Å²) in [6.07, 6.45) is 4.23. The molecule has 8 unspecified atom stereocenters. The van der Waals surface area contributed by atoms with Gasteiger partial charge in [0.15, 0.2) is 0 Å². The highest BCUT2D eigenvalue weighted by molar-refractivity contribution is 5.78. The predicted octanol–water partition coefficient (Wildman–Crippen LogP) is 2.27. The summed E-state index contributed by atoms with van der Waals surface area (Å²) in [7, 11) is 0. The van der Waals surface area contributed by atoms with E-state index in [0.29, 0.717) is 38.5 Å². The average molecular weight is 366 g/mol. The fourth-order valence-corrected chi connectivity index (χ4v) is 7.73. The molecule has 0 saturated heterocycles. The van der Waals surface area contributed by atoms with Crippen LogP contribution in [0.25, 0.3) is 0 Å². The van der Waals surface area contributed by atoms with Gasteiger partial charge in [-0.25, -0.2) is 0 Å². The quantitative estimate of drug-likeness (QED) is 0.596. The van der Waals surface area contributed by atoms with Crippen molar-refractivity contribution in [1.29, 1.82) is 0 Å². The molecule has 0 radical (unpaired) electrons. The molecule has 0 bridgehead atoms. The first-order valence-electron chi connectivity index (χ1n) is 10.0. The second-order valence-electron chi connectivity index (χ2n) is 9.63. The number of hydrogen-bond acceptors (Lipinski definition) is 4. The number of aliphatic carboxylic acids is 2. The molecule has 4 aliphatic rings. The normalized spacial score (nSPS) is 53.3. The van der Waals surface area contributed by atoms with Gasteiger partial charge in [0.1, 0.15) is 0 Å². The van der Waals surface area contributed by atoms with E-state index in [-0.39, 0.29) is 35.5 Å². The molecular weight excluding hydrogens is 336 g/mol. The molecular formula is C20H30O6. The number of aliphatic hydroxyl groups excluding tert-OH is 1. The summed E-state index contributed by atoms with van der Waals surface area (Å²) >= 11 is 0. The highest BCUT2D eigenvalue weighted by atomic mass is 16.4. The van der Waals surface area contributed by atoms with E-state index in [1.807, 2.05) is 0 Å². The first kappa shape index (κ1) is 18.2. The van der Waals surface area contributed by atoms with E-state index in [1.54, 1.807) is 0 Å². The van der Waals surface area contributed by atoms with Crippen LogP contribution in [0.15, 0.2) is 0 Å². The number of rotatable bonds is 2. The number of hydrogen-bond donors (Lipinski definition) is 4. The van der Waals surface area contributed by atoms with Crippen molar-refractivity contribution in [2.24, 2.45) is 34.5 Å². The molecule has 0 aromatic rings. The minimum absolute atomic E-state index is 0.128. The van der Waals surface area contributed by atoms with Gasteiger partial charge in [-0.15, -0.1) is 0 Å². The monoisotopic (exact) mass is 366 g/mol. The molecule has 4 aliphatic carbocycles. The average Bonchev–Trinajstić information content (AvgIpc) is 2.91. The Hall–Kier alpha value is -1.14. The Balaban J connectivity index is 1.73. The van der Waals surface area contributed by atoms with Crippen LogP contribution in [0, 0.1) is 34.5 Å². The van der Waals surface area contributed by atoms with Gasteiger partial charge in [0.25, 0.3) is 0 Å². The molecule has 0 aromatic carbocycles. The third kappa shape index (κ3) is 2.12. The molecule has 0 spiro atoms. The Bertz CT molecular complexity index is 634. The summed E-state index contributed by atoms with van der Waals surface area (Å²) in [5, 5.41) is 41.3. The lowest BCUT2D eigenvalue weighted by Crippen LogP contribution is -2.67. The van der Waals surface area contributed by atoms with Crippen LogP contribution in [0.2, 0.25) is 0 Å². The Morgan fingerprint density at radius 3 is 2.31 bits per heavy atom. The summed E-state index contributed by atoms with van der Waals surface area (Å²) in [5.74, 6) is -1.76. The highest BCUT2D eigenvalue weighted by Crippen LogP contribution is 2.68. The van der Waals surface area contributed by atoms with Gasteiger partial charge in [0.05, 0.1) is 23.0 Å². The Kier molecular flexibility index (Phi) is 3.98. The summed E-state index contributed by atoms with van der Waals surface area (Å²) in [5.41, 5.74) is -2.82. The van der Waals surface area contributed by atoms with Crippen molar-refractivity contribution in [2.45, 2.75) is 76.4 Å². The molecule has 146 valence electrons. The highest BCUT2D eigenvalue weighted by Gasteiger charge is 2.69. The topological polar surface area (TPSA) is 115 Å². The van der Waals surface area contributed by atoms with Crippen LogP contribution in [0.1, 0.15) is 64.7 Å². The molecule has 26 heavy (non-hydrogen) atoms. The van der Waals surface area contributed by atoms with Crippen molar-refractivity contribution in [1.82, 2.24) is 0 Å². The predicted molar refractivity (Wildman–Crippen MR) is 92.3 cm³/mol. The maximum absolute atomic E-state index is 12.5. The largest absolute Gasteiger partial charge is 0.481 e. The van der Waals surface area contributed by atoms with E-state index in [4.69, 9.17) is 0 Å². The van der Waals surface area contributed by atoms with E-state index < -0.39 is 29.1 Å². The molecule has 4 saturated carbocycles. The van der Waals surface area contributed by atoms with Crippen LogP contribution >= 0.6 is 0 Å². The lowest BCUT2D eigenvalue weighted by Gasteiger charge is -2.62. The van der Waals surface area contributed by atoms with E-state index in [0.717, 1.165) is 12.8 Å². The van der Waals surface area contributed by atoms with Crippen LogP contribution in [0.3, 0.4) is 0 Å². The molecule has 0 aliphatic heterocycles. The van der Waals surface area contributed by atoms with Gasteiger partial charge in [0.2, 0.25) is 0 Å². The lowest BCUT2D eigenvalue weighted by molar-refractivity contribution is -0.235. The number of carboxylic acid groups (broad SMARTS) is 2. The van der Waals surface area contributed by atoms with Crippen molar-refractivity contribution >= 4 is 11.9 Å². The van der Waals surface area contributed by atoms with E-state index >= 15 is 0 Å². The van der Waals surface area contributed by atoms with Gasteiger partial charge in [0, 0.05) is 6.42 Å². The van der Waals surface area contributed by atoms with Crippen molar-refractivity contribution in [3.8, 4) is 0 Å². The number of fused-ring (bicyclic) bond motifs is 5. The summed E-state index contributed by atoms with van der Waals surface area (Å²) in [4.78, 5) is 24.2. The fraction of sp³-hybridized carbons (Fsp3) is 0.900. The molecule has 0 amide bonds. The zero-order valence-electron chi connectivity index (χ0n) is 15.4. The Morgan fingerprint density at radius 2 is 1.65 bits per heavy atom. The number of carboxylic acids is 2. The van der Waals surface area contributed by atoms with E-state index in [9.17, 15) is 30.0 Å². The van der Waals surface area contributed by atoms with E-state index in [1.165, 1.54) is 0 Å². The molecule has 8 atom stereocenters. The smallest absolute Gasteiger partial charge is 0.312 e. The third-order valence-corrected chi connectivity index (χ3v) is 8.92. The summed E-state index contributed by atoms with van der Waals surface area (Å²) < 4.78 is 0. The Morgan fingerprint density at radius 1 is 0.923 bits per heavy atom. The van der Waals surface area contributed by atoms with Crippen molar-refractivity contribution in [3.05, 3.63) is 0 Å². The summed E-state index contributed by atoms with van der Waals surface area (Å²) in [6, 6.07) is 0. The molecule has 4 fully saturated rings. The van der Waals surface area contributed by atoms with Gasteiger partial charge in [-0.05, 0) is 74.5 Å². The van der Waals surface area contributed by atoms with Crippen LogP contribution in [0.5, 0.6) is 0 Å². The molecule has 6 nitrogen and oxygen atoms in total. The maximum Gasteiger partial charge on any atom is 0.312 e. The van der Waals surface area contributed by atoms with Crippen LogP contribution in [-0.4, -0.2) is 44.1 Å². The standard InChI is InChI=1S/C20H30O6/c1-18-7-6-14-12(13(18)2-3-15(18)16(22)23)5-8-19(26)10-11(21)4-9-20(14,19)17(24)25/h11-15,21,26H,2-10H2,1H3,(H,22,23)(H,24,25). The molecule has 0 aromatic heterocycles. The summed E-state index contributed by atoms with van der Waals surface area (Å²) in [6.45, 7) is 2.08. The fourth-order valence-electron chi connectivity index (χ4n) is 7.73. The molecule has 4 N–H and O–H groups in total. The molecule has 6 heteroatoms. The first-order chi connectivity index (χ1) is 12.2. The van der Waals surface area contributed by atoms with Gasteiger partial charge in [-0.3, -0.25) is 9.59 Å². The zero-order valence-corrected chi connectivity index (χ0v) is 15.4. The van der Waals surface area contributed by atoms with Crippen LogP contribution < -0.4 is 0 Å². The number of carbonyl (C=O) groups is 2. The van der Waals surface area contributed by atoms with Gasteiger partial charge in [-0.2, -0.15) is 0 Å². The van der Waals surface area contributed by atoms with Gasteiger partial charge in [-0.1, -0.05) is 6.92 Å². The first-order valence-corrected chi connectivity index (χ1v) is 10.0. The van der Waals surface area contributed by atoms with E-state index in [2.05, 4.69) is 6.92 Å². The second kappa shape index (κ2) is 5.68. The van der Waals surface area contributed by atoms with Crippen molar-refractivity contribution in [3.63, 3.8) is 0 Å². The Labute approximate surface area is 153 Å². The molecule has 4 rings (SSSR count). The SMILES string of the molecule is CC12CCC3C(CCC4(O)CC(O)CCC34C(=O)O)C1CCC2C(=O)O. The van der Waals surface area contributed by atoms with Crippen LogP contribution in [0.4, 0.5) is 0 Å². The van der Waals surface area contributed by atoms with Crippen LogP contribution in [-0.2, 0) is 9.59 Å². The second-order valence-corrected chi connectivity index (χ2v) is 9.63. The zero-order chi connectivity index (χ0) is 18.9. The maximum atomic E-state index is 12.5. The minimum Gasteiger partial charge on any atom is -0.481 e. The van der Waals surface area contributed by atoms with Gasteiger partial charge >= 0.3 is 11.9 Å².